The fourth-order valence-electron chi connectivity index (χ4n) is 1.89. The minimum absolute atomic E-state index is 0.153. The topological polar surface area (TPSA) is 133 Å². The molecule has 10 heteroatoms. The summed E-state index contributed by atoms with van der Waals surface area (Å²) >= 11 is 0. The van der Waals surface area contributed by atoms with Gasteiger partial charge in [-0.05, 0) is 36.4 Å². The van der Waals surface area contributed by atoms with E-state index in [0.717, 1.165) is 12.1 Å². The van der Waals surface area contributed by atoms with Gasteiger partial charge in [0.1, 0.15) is 10.1 Å². The number of aromatic nitrogens is 3. The molecule has 0 saturated heterocycles. The number of hydrogen-bond donors (Lipinski definition) is 1. The second kappa shape index (κ2) is 6.18. The minimum atomic E-state index is -4.51. The molecule has 0 bridgehead atoms. The van der Waals surface area contributed by atoms with Gasteiger partial charge in [0.15, 0.2) is 0 Å². The molecule has 0 radical (unpaired) electrons. The largest absolute Gasteiger partial charge is 0.744 e. The summed E-state index contributed by atoms with van der Waals surface area (Å²) in [6, 6.07) is 13.6. The molecule has 0 fully saturated rings. The van der Waals surface area contributed by atoms with Crippen molar-refractivity contribution in [3.63, 3.8) is 0 Å². The van der Waals surface area contributed by atoms with Crippen molar-refractivity contribution in [3.8, 4) is 5.69 Å². The summed E-state index contributed by atoms with van der Waals surface area (Å²) in [5, 5.41) is 13.9. The van der Waals surface area contributed by atoms with Gasteiger partial charge < -0.3 is 4.55 Å². The van der Waals surface area contributed by atoms with Gasteiger partial charge in [0.05, 0.1) is 16.3 Å². The van der Waals surface area contributed by atoms with Crippen molar-refractivity contribution in [1.29, 1.82) is 0 Å². The van der Waals surface area contributed by atoms with Crippen molar-refractivity contribution >= 4 is 21.6 Å². The first-order valence-electron chi connectivity index (χ1n) is 6.66. The lowest BCUT2D eigenvalue weighted by atomic mass is 10.3. The summed E-state index contributed by atoms with van der Waals surface area (Å²) in [4.78, 5) is 11.8. The zero-order valence-corrected chi connectivity index (χ0v) is 12.8. The van der Waals surface area contributed by atoms with Gasteiger partial charge in [0.25, 0.3) is 5.82 Å². The van der Waals surface area contributed by atoms with Gasteiger partial charge in [-0.2, -0.15) is 0 Å². The van der Waals surface area contributed by atoms with Crippen LogP contribution in [0.4, 0.5) is 11.5 Å². The van der Waals surface area contributed by atoms with Gasteiger partial charge in [-0.1, -0.05) is 18.2 Å². The number of nitrogens with zero attached hydrogens (tertiary/aromatic N) is 4. The van der Waals surface area contributed by atoms with E-state index in [4.69, 9.17) is 0 Å². The number of aromatic amines is 1. The van der Waals surface area contributed by atoms with Crippen LogP contribution in [0, 0.1) is 0 Å². The summed E-state index contributed by atoms with van der Waals surface area (Å²) in [5.41, 5.74) is 0.390. The quantitative estimate of drug-likeness (QED) is 0.570. The Bertz CT molecular complexity index is 1040. The average molecular weight is 344 g/mol. The molecular formula is C14H10N5O4S-. The van der Waals surface area contributed by atoms with E-state index in [1.54, 1.807) is 24.3 Å². The Labute approximate surface area is 136 Å². The van der Waals surface area contributed by atoms with E-state index in [0.29, 0.717) is 5.69 Å². The van der Waals surface area contributed by atoms with Gasteiger partial charge >= 0.3 is 5.56 Å². The van der Waals surface area contributed by atoms with E-state index in [9.17, 15) is 17.8 Å². The standard InChI is InChI=1S/C14H11N5O4S/c20-14-13(17-18-19(14)11-4-2-1-3-5-11)16-15-10-6-8-12(9-7-10)24(21,22)23/h1-9,18H,(H,21,22,23)/p-1. The van der Waals surface area contributed by atoms with Crippen LogP contribution in [0.5, 0.6) is 0 Å². The lowest BCUT2D eigenvalue weighted by Crippen LogP contribution is -2.13. The second-order valence-corrected chi connectivity index (χ2v) is 6.04. The maximum atomic E-state index is 12.2. The van der Waals surface area contributed by atoms with Crippen LogP contribution in [0.2, 0.25) is 0 Å². The molecule has 0 amide bonds. The predicted octanol–water partition coefficient (Wildman–Crippen LogP) is 1.88. The van der Waals surface area contributed by atoms with Crippen LogP contribution in [-0.2, 0) is 10.1 Å². The Morgan fingerprint density at radius 1 is 1.00 bits per heavy atom. The number of azo groups is 1. The number of benzene rings is 2. The van der Waals surface area contributed by atoms with E-state index in [1.807, 2.05) is 6.07 Å². The minimum Gasteiger partial charge on any atom is -0.744 e. The first-order chi connectivity index (χ1) is 11.4. The molecule has 0 atom stereocenters. The zero-order chi connectivity index (χ0) is 17.2. The first-order valence-corrected chi connectivity index (χ1v) is 8.06. The molecule has 0 spiro atoms. The van der Waals surface area contributed by atoms with Crippen molar-refractivity contribution in [2.75, 3.05) is 0 Å². The summed E-state index contributed by atoms with van der Waals surface area (Å²) < 4.78 is 33.7. The van der Waals surface area contributed by atoms with Crippen LogP contribution >= 0.6 is 0 Å². The molecule has 0 aliphatic carbocycles. The molecule has 0 aliphatic heterocycles. The monoisotopic (exact) mass is 344 g/mol. The van der Waals surface area contributed by atoms with Gasteiger partial charge in [-0.25, -0.2) is 18.3 Å². The van der Waals surface area contributed by atoms with Crippen LogP contribution in [0.15, 0.2) is 74.5 Å². The molecular weight excluding hydrogens is 334 g/mol. The summed E-state index contributed by atoms with van der Waals surface area (Å²) in [6.07, 6.45) is 0. The fraction of sp³-hybridized carbons (Fsp3) is 0. The fourth-order valence-corrected chi connectivity index (χ4v) is 2.36. The van der Waals surface area contributed by atoms with E-state index < -0.39 is 15.7 Å². The summed E-state index contributed by atoms with van der Waals surface area (Å²) in [6.45, 7) is 0. The van der Waals surface area contributed by atoms with E-state index in [1.165, 1.54) is 16.8 Å². The number of nitrogens with one attached hydrogen (secondary N) is 1. The van der Waals surface area contributed by atoms with Crippen molar-refractivity contribution < 1.29 is 13.0 Å². The number of hydrogen-bond acceptors (Lipinski definition) is 7. The van der Waals surface area contributed by atoms with Crippen molar-refractivity contribution in [1.82, 2.24) is 15.0 Å². The smallest absolute Gasteiger partial charge is 0.319 e. The SMILES string of the molecule is O=c1c(N=Nc2ccc(S(=O)(=O)[O-])cc2)n[nH]n1-c1ccccc1. The summed E-state index contributed by atoms with van der Waals surface area (Å²) in [7, 11) is -4.51. The molecule has 0 unspecified atom stereocenters. The summed E-state index contributed by atoms with van der Waals surface area (Å²) in [5.74, 6) is -0.153. The molecule has 24 heavy (non-hydrogen) atoms. The Hall–Kier alpha value is -3.11. The maximum Gasteiger partial charge on any atom is 0.319 e. The van der Waals surface area contributed by atoms with Crippen molar-refractivity contribution in [2.24, 2.45) is 10.2 Å². The molecule has 1 heterocycles. The Kier molecular flexibility index (Phi) is 4.06. The molecule has 9 nitrogen and oxygen atoms in total. The van der Waals surface area contributed by atoms with Crippen LogP contribution in [-0.4, -0.2) is 28.0 Å². The highest BCUT2D eigenvalue weighted by molar-refractivity contribution is 7.85. The molecule has 3 rings (SSSR count). The third-order valence-electron chi connectivity index (χ3n) is 3.05. The van der Waals surface area contributed by atoms with E-state index >= 15 is 0 Å². The Balaban J connectivity index is 1.86. The maximum absolute atomic E-state index is 12.2. The highest BCUT2D eigenvalue weighted by Gasteiger charge is 2.08. The molecule has 0 aliphatic rings. The van der Waals surface area contributed by atoms with Gasteiger partial charge in [-0.15, -0.1) is 15.3 Å². The number of rotatable bonds is 4. The average Bonchev–Trinajstić information content (AvgIpc) is 2.94. The highest BCUT2D eigenvalue weighted by atomic mass is 32.2. The zero-order valence-electron chi connectivity index (χ0n) is 12.0. The predicted molar refractivity (Wildman–Crippen MR) is 82.8 cm³/mol. The number of H-pyrrole nitrogens is 1. The Morgan fingerprint density at radius 2 is 1.67 bits per heavy atom. The van der Waals surface area contributed by atoms with Crippen LogP contribution < -0.4 is 5.56 Å². The molecule has 1 N–H and O–H groups in total. The molecule has 2 aromatic carbocycles. The van der Waals surface area contributed by atoms with Crippen molar-refractivity contribution in [3.05, 3.63) is 65.0 Å². The van der Waals surface area contributed by atoms with Gasteiger partial charge in [-0.3, -0.25) is 4.79 Å². The van der Waals surface area contributed by atoms with E-state index in [-0.39, 0.29) is 16.4 Å². The van der Waals surface area contributed by atoms with Crippen LogP contribution in [0.25, 0.3) is 5.69 Å². The third-order valence-corrected chi connectivity index (χ3v) is 3.90. The molecule has 0 saturated carbocycles. The molecule has 3 aromatic rings. The Morgan fingerprint density at radius 3 is 2.29 bits per heavy atom. The normalized spacial score (nSPS) is 11.9. The molecule has 1 aromatic heterocycles. The lowest BCUT2D eigenvalue weighted by molar-refractivity contribution is 0.463. The third kappa shape index (κ3) is 3.29. The van der Waals surface area contributed by atoms with Crippen molar-refractivity contribution in [2.45, 2.75) is 4.90 Å². The highest BCUT2D eigenvalue weighted by Crippen LogP contribution is 2.18. The second-order valence-electron chi connectivity index (χ2n) is 4.66. The van der Waals surface area contributed by atoms with Gasteiger partial charge in [0.2, 0.25) is 0 Å². The molecule has 122 valence electrons. The first kappa shape index (κ1) is 15.8. The lowest BCUT2D eigenvalue weighted by Gasteiger charge is -2.05. The van der Waals surface area contributed by atoms with Crippen LogP contribution in [0.1, 0.15) is 0 Å². The van der Waals surface area contributed by atoms with Crippen LogP contribution in [0.3, 0.4) is 0 Å². The van der Waals surface area contributed by atoms with Gasteiger partial charge in [0, 0.05) is 0 Å². The van der Waals surface area contributed by atoms with E-state index in [2.05, 4.69) is 20.5 Å². The number of para-hydroxylation sites is 1.